The van der Waals surface area contributed by atoms with Crippen LogP contribution in [0.4, 0.5) is 5.13 Å². The molecule has 2 aromatic carbocycles. The minimum Gasteiger partial charge on any atom is -0.348 e. The lowest BCUT2D eigenvalue weighted by Gasteiger charge is -2.18. The molecule has 0 saturated heterocycles. The van der Waals surface area contributed by atoms with E-state index >= 15 is 0 Å². The van der Waals surface area contributed by atoms with Crippen LogP contribution in [0.15, 0.2) is 54.6 Å². The minimum absolute atomic E-state index is 0.0369. The molecule has 0 saturated carbocycles. The summed E-state index contributed by atoms with van der Waals surface area (Å²) >= 11 is 1.56. The van der Waals surface area contributed by atoms with E-state index in [-0.39, 0.29) is 18.5 Å². The van der Waals surface area contributed by atoms with Crippen LogP contribution in [0.25, 0.3) is 16.0 Å². The number of thiazole rings is 1. The second-order valence-corrected chi connectivity index (χ2v) is 8.52. The molecule has 4 aromatic rings. The van der Waals surface area contributed by atoms with Crippen LogP contribution < -0.4 is 10.2 Å². The lowest BCUT2D eigenvalue weighted by molar-refractivity contribution is -0.120. The van der Waals surface area contributed by atoms with Crippen LogP contribution in [0, 0.1) is 13.8 Å². The second kappa shape index (κ2) is 8.28. The van der Waals surface area contributed by atoms with Gasteiger partial charge in [0.1, 0.15) is 0 Å². The SMILES string of the molecule is Cc1cccc(-n2nc(C)c3sc(N(C)CC(=O)N[C@@H](C)c4ccccc4)nc32)c1. The Hall–Kier alpha value is -3.19. The Labute approximate surface area is 180 Å². The molecule has 4 rings (SSSR count). The zero-order valence-corrected chi connectivity index (χ0v) is 18.4. The maximum absolute atomic E-state index is 12.6. The summed E-state index contributed by atoms with van der Waals surface area (Å²) in [6, 6.07) is 18.1. The van der Waals surface area contributed by atoms with Gasteiger partial charge in [-0.2, -0.15) is 10.1 Å². The number of aromatic nitrogens is 3. The Morgan fingerprint density at radius 1 is 1.17 bits per heavy atom. The molecule has 1 amide bonds. The van der Waals surface area contributed by atoms with E-state index < -0.39 is 0 Å². The van der Waals surface area contributed by atoms with Crippen LogP contribution in [0.2, 0.25) is 0 Å². The van der Waals surface area contributed by atoms with Crippen molar-refractivity contribution in [2.75, 3.05) is 18.5 Å². The number of hydrogen-bond acceptors (Lipinski definition) is 5. The van der Waals surface area contributed by atoms with Crippen molar-refractivity contribution in [3.63, 3.8) is 0 Å². The maximum atomic E-state index is 12.6. The number of likely N-dealkylation sites (N-methyl/N-ethyl adjacent to an activating group) is 1. The van der Waals surface area contributed by atoms with Gasteiger partial charge in [-0.1, -0.05) is 53.8 Å². The maximum Gasteiger partial charge on any atom is 0.240 e. The standard InChI is InChI=1S/C23H25N5OS/c1-15-9-8-12-19(13-15)28-22-21(17(3)26-28)30-23(25-22)27(4)14-20(29)24-16(2)18-10-6-5-7-11-18/h5-13,16H,14H2,1-4H3,(H,24,29)/t16-/m0/s1. The number of anilines is 1. The molecule has 0 aliphatic carbocycles. The molecule has 0 aliphatic rings. The molecule has 0 aliphatic heterocycles. The van der Waals surface area contributed by atoms with Crippen molar-refractivity contribution in [3.05, 3.63) is 71.4 Å². The number of rotatable bonds is 6. The van der Waals surface area contributed by atoms with Crippen LogP contribution >= 0.6 is 11.3 Å². The van der Waals surface area contributed by atoms with Crippen molar-refractivity contribution < 1.29 is 4.79 Å². The zero-order valence-electron chi connectivity index (χ0n) is 17.6. The highest BCUT2D eigenvalue weighted by Gasteiger charge is 2.19. The number of aryl methyl sites for hydroxylation is 2. The van der Waals surface area contributed by atoms with E-state index in [1.807, 2.05) is 72.9 Å². The third-order valence-electron chi connectivity index (χ3n) is 5.01. The number of nitrogens with zero attached hydrogens (tertiary/aromatic N) is 4. The van der Waals surface area contributed by atoms with E-state index in [1.54, 1.807) is 11.3 Å². The fourth-order valence-electron chi connectivity index (χ4n) is 3.42. The Morgan fingerprint density at radius 2 is 1.93 bits per heavy atom. The first kappa shape index (κ1) is 20.1. The first-order chi connectivity index (χ1) is 14.4. The number of amides is 1. The third kappa shape index (κ3) is 4.07. The van der Waals surface area contributed by atoms with Crippen molar-refractivity contribution in [1.29, 1.82) is 0 Å². The fraction of sp³-hybridized carbons (Fsp3) is 0.261. The van der Waals surface area contributed by atoms with Crippen LogP contribution in [0.5, 0.6) is 0 Å². The van der Waals surface area contributed by atoms with Gasteiger partial charge in [0.25, 0.3) is 0 Å². The van der Waals surface area contributed by atoms with Gasteiger partial charge >= 0.3 is 0 Å². The summed E-state index contributed by atoms with van der Waals surface area (Å²) in [7, 11) is 1.89. The molecule has 2 heterocycles. The third-order valence-corrected chi connectivity index (χ3v) is 6.28. The summed E-state index contributed by atoms with van der Waals surface area (Å²) in [5.41, 5.74) is 5.00. The van der Waals surface area contributed by atoms with Gasteiger partial charge in [-0.25, -0.2) is 4.68 Å². The number of carbonyl (C=O) groups is 1. The molecule has 7 heteroatoms. The smallest absolute Gasteiger partial charge is 0.240 e. The fourth-order valence-corrected chi connectivity index (χ4v) is 4.37. The van der Waals surface area contributed by atoms with Gasteiger partial charge in [0.15, 0.2) is 10.8 Å². The lowest BCUT2D eigenvalue weighted by Crippen LogP contribution is -2.36. The van der Waals surface area contributed by atoms with Crippen molar-refractivity contribution in [1.82, 2.24) is 20.1 Å². The summed E-state index contributed by atoms with van der Waals surface area (Å²) in [6.45, 7) is 6.28. The van der Waals surface area contributed by atoms with Gasteiger partial charge in [0, 0.05) is 7.05 Å². The van der Waals surface area contributed by atoms with Gasteiger partial charge in [0.2, 0.25) is 5.91 Å². The van der Waals surface area contributed by atoms with Gasteiger partial charge in [0.05, 0.1) is 28.7 Å². The van der Waals surface area contributed by atoms with E-state index in [1.165, 1.54) is 5.56 Å². The number of fused-ring (bicyclic) bond motifs is 1. The number of carbonyl (C=O) groups excluding carboxylic acids is 1. The van der Waals surface area contributed by atoms with Crippen molar-refractivity contribution in [3.8, 4) is 5.69 Å². The largest absolute Gasteiger partial charge is 0.348 e. The highest BCUT2D eigenvalue weighted by Crippen LogP contribution is 2.32. The van der Waals surface area contributed by atoms with Crippen molar-refractivity contribution in [2.24, 2.45) is 0 Å². The Kier molecular flexibility index (Phi) is 5.55. The molecule has 0 radical (unpaired) electrons. The predicted octanol–water partition coefficient (Wildman–Crippen LogP) is 4.41. The van der Waals surface area contributed by atoms with E-state index in [0.717, 1.165) is 32.4 Å². The first-order valence-electron chi connectivity index (χ1n) is 9.91. The molecule has 154 valence electrons. The molecular weight excluding hydrogens is 394 g/mol. The molecule has 2 aromatic heterocycles. The molecule has 0 spiro atoms. The van der Waals surface area contributed by atoms with E-state index in [9.17, 15) is 4.79 Å². The van der Waals surface area contributed by atoms with Gasteiger partial charge < -0.3 is 10.2 Å². The van der Waals surface area contributed by atoms with Gasteiger partial charge in [-0.15, -0.1) is 0 Å². The van der Waals surface area contributed by atoms with Crippen LogP contribution in [-0.2, 0) is 4.79 Å². The summed E-state index contributed by atoms with van der Waals surface area (Å²) in [5.74, 6) is -0.0369. The molecule has 0 fully saturated rings. The molecular formula is C23H25N5OS. The molecule has 1 atom stereocenters. The number of nitrogens with one attached hydrogen (secondary N) is 1. The zero-order chi connectivity index (χ0) is 21.3. The van der Waals surface area contributed by atoms with Crippen molar-refractivity contribution >= 4 is 32.7 Å². The van der Waals surface area contributed by atoms with Gasteiger partial charge in [-0.3, -0.25) is 4.79 Å². The van der Waals surface area contributed by atoms with Crippen LogP contribution in [0.3, 0.4) is 0 Å². The Morgan fingerprint density at radius 3 is 2.67 bits per heavy atom. The summed E-state index contributed by atoms with van der Waals surface area (Å²) < 4.78 is 2.92. The first-order valence-corrected chi connectivity index (χ1v) is 10.7. The minimum atomic E-state index is -0.0420. The topological polar surface area (TPSA) is 63.1 Å². The average Bonchev–Trinajstić information content (AvgIpc) is 3.29. The second-order valence-electron chi connectivity index (χ2n) is 7.54. The lowest BCUT2D eigenvalue weighted by atomic mass is 10.1. The molecule has 6 nitrogen and oxygen atoms in total. The summed E-state index contributed by atoms with van der Waals surface area (Å²) in [6.07, 6.45) is 0. The molecule has 0 unspecified atom stereocenters. The highest BCUT2D eigenvalue weighted by molar-refractivity contribution is 7.22. The highest BCUT2D eigenvalue weighted by atomic mass is 32.1. The van der Waals surface area contributed by atoms with E-state index in [4.69, 9.17) is 4.98 Å². The summed E-state index contributed by atoms with van der Waals surface area (Å²) in [5, 5.41) is 8.52. The average molecular weight is 420 g/mol. The Bertz CT molecular complexity index is 1180. The quantitative estimate of drug-likeness (QED) is 0.503. The number of benzene rings is 2. The summed E-state index contributed by atoms with van der Waals surface area (Å²) in [4.78, 5) is 19.2. The van der Waals surface area contributed by atoms with Crippen LogP contribution in [-0.4, -0.2) is 34.3 Å². The monoisotopic (exact) mass is 419 g/mol. The molecule has 30 heavy (non-hydrogen) atoms. The normalized spacial score (nSPS) is 12.1. The van der Waals surface area contributed by atoms with E-state index in [2.05, 4.69) is 29.5 Å². The molecule has 0 bridgehead atoms. The van der Waals surface area contributed by atoms with E-state index in [0.29, 0.717) is 0 Å². The molecule has 1 N–H and O–H groups in total. The van der Waals surface area contributed by atoms with Crippen LogP contribution in [0.1, 0.15) is 29.8 Å². The number of hydrogen-bond donors (Lipinski definition) is 1. The predicted molar refractivity (Wildman–Crippen MR) is 122 cm³/mol. The van der Waals surface area contributed by atoms with Crippen molar-refractivity contribution in [2.45, 2.75) is 26.8 Å². The van der Waals surface area contributed by atoms with Gasteiger partial charge in [-0.05, 0) is 44.0 Å². The Balaban J connectivity index is 1.52.